The summed E-state index contributed by atoms with van der Waals surface area (Å²) in [7, 11) is 0. The highest BCUT2D eigenvalue weighted by Crippen LogP contribution is 2.26. The molecule has 220 valence electrons. The van der Waals surface area contributed by atoms with Crippen LogP contribution < -0.4 is 25.6 Å². The van der Waals surface area contributed by atoms with Gasteiger partial charge < -0.3 is 20.3 Å². The summed E-state index contributed by atoms with van der Waals surface area (Å²) in [6.45, 7) is 8.32. The first kappa shape index (κ1) is 30.1. The fourth-order valence-corrected chi connectivity index (χ4v) is 4.91. The van der Waals surface area contributed by atoms with Gasteiger partial charge in [-0.2, -0.15) is 4.98 Å². The number of hydrogen-bond donors (Lipinski definition) is 3. The van der Waals surface area contributed by atoms with E-state index in [1.807, 2.05) is 19.1 Å². The van der Waals surface area contributed by atoms with Gasteiger partial charge in [0.25, 0.3) is 0 Å². The van der Waals surface area contributed by atoms with Gasteiger partial charge in [-0.05, 0) is 86.1 Å². The molecule has 2 aromatic carbocycles. The lowest BCUT2D eigenvalue weighted by Gasteiger charge is -2.31. The van der Waals surface area contributed by atoms with Crippen molar-refractivity contribution < 1.29 is 22.7 Å². The van der Waals surface area contributed by atoms with E-state index in [1.165, 1.54) is 40.8 Å². The second kappa shape index (κ2) is 13.2. The van der Waals surface area contributed by atoms with E-state index in [9.17, 15) is 18.0 Å². The van der Waals surface area contributed by atoms with E-state index in [4.69, 9.17) is 12.2 Å². The third-order valence-electron chi connectivity index (χ3n) is 6.85. The van der Waals surface area contributed by atoms with E-state index in [0.29, 0.717) is 30.0 Å². The number of carbonyl (C=O) groups is 1. The molecule has 0 unspecified atom stereocenters. The van der Waals surface area contributed by atoms with Gasteiger partial charge in [0.15, 0.2) is 5.11 Å². The van der Waals surface area contributed by atoms with Crippen molar-refractivity contribution in [3.63, 3.8) is 0 Å². The lowest BCUT2D eigenvalue weighted by atomic mass is 9.94. The summed E-state index contributed by atoms with van der Waals surface area (Å²) in [6, 6.07) is 11.2. The summed E-state index contributed by atoms with van der Waals surface area (Å²) in [5, 5.41) is 13.4. The first-order valence-corrected chi connectivity index (χ1v) is 13.9. The molecule has 1 aliphatic heterocycles. The molecule has 2 heterocycles. The van der Waals surface area contributed by atoms with Crippen molar-refractivity contribution in [2.24, 2.45) is 5.92 Å². The number of alkyl halides is 3. The second-order valence-electron chi connectivity index (χ2n) is 10.3. The number of carbonyl (C=O) groups excluding carboxylic acids is 1. The summed E-state index contributed by atoms with van der Waals surface area (Å²) in [5.41, 5.74) is 3.76. The summed E-state index contributed by atoms with van der Waals surface area (Å²) in [4.78, 5) is 18.8. The number of nitrogens with one attached hydrogen (secondary N) is 3. The van der Waals surface area contributed by atoms with Crippen LogP contribution in [0.25, 0.3) is 5.69 Å². The highest BCUT2D eigenvalue weighted by Gasteiger charge is 2.31. The van der Waals surface area contributed by atoms with E-state index in [1.54, 1.807) is 0 Å². The first-order valence-electron chi connectivity index (χ1n) is 13.5. The molecule has 0 saturated carbocycles. The number of hydrogen-bond acceptors (Lipinski definition) is 6. The number of aryl methyl sites for hydroxylation is 1. The molecule has 0 bridgehead atoms. The lowest BCUT2D eigenvalue weighted by Crippen LogP contribution is -2.42. The molecule has 0 spiro atoms. The van der Waals surface area contributed by atoms with Crippen LogP contribution in [-0.2, 0) is 0 Å². The minimum Gasteiger partial charge on any atom is -0.406 e. The van der Waals surface area contributed by atoms with E-state index >= 15 is 0 Å². The topological polar surface area (TPSA) is 96.3 Å². The molecule has 3 aromatic rings. The van der Waals surface area contributed by atoms with Gasteiger partial charge in [-0.3, -0.25) is 5.32 Å². The summed E-state index contributed by atoms with van der Waals surface area (Å²) < 4.78 is 42.6. The number of thiocarbonyl (C=S) groups is 1. The number of rotatable bonds is 8. The summed E-state index contributed by atoms with van der Waals surface area (Å²) >= 11 is 5.34. The van der Waals surface area contributed by atoms with E-state index in [2.05, 4.69) is 55.6 Å². The molecule has 13 heteroatoms. The van der Waals surface area contributed by atoms with Gasteiger partial charge in [-0.15, -0.1) is 18.3 Å². The molecule has 3 N–H and O–H groups in total. The van der Waals surface area contributed by atoms with Crippen molar-refractivity contribution in [3.05, 3.63) is 59.9 Å². The van der Waals surface area contributed by atoms with Crippen molar-refractivity contribution in [3.8, 4) is 11.4 Å². The molecule has 4 rings (SSSR count). The third kappa shape index (κ3) is 8.81. The standard InChI is InChI=1S/C28H34F3N7O2S/c1-18(2)23-16-19(3)4-9-24(23)34-27(41)35-26(39)32-13-10-20-11-14-37(15-12-20)25-33-17-38(36-25)21-5-7-22(8-6-21)40-28(29,30)31/h4-9,16-18,20H,10-15H2,1-3H3,(H3,32,34,35,39,41). The average Bonchev–Trinajstić information content (AvgIpc) is 3.40. The molecule has 0 radical (unpaired) electrons. The smallest absolute Gasteiger partial charge is 0.406 e. The molecule has 1 saturated heterocycles. The minimum atomic E-state index is -4.73. The Labute approximate surface area is 242 Å². The van der Waals surface area contributed by atoms with Gasteiger partial charge in [-0.1, -0.05) is 31.5 Å². The average molecular weight is 590 g/mol. The number of halogens is 3. The van der Waals surface area contributed by atoms with Gasteiger partial charge in [0.2, 0.25) is 5.95 Å². The molecule has 0 aliphatic carbocycles. The number of nitrogens with zero attached hydrogens (tertiary/aromatic N) is 4. The Kier molecular flexibility index (Phi) is 9.69. The van der Waals surface area contributed by atoms with Crippen molar-refractivity contribution in [2.75, 3.05) is 29.9 Å². The number of benzene rings is 2. The van der Waals surface area contributed by atoms with Gasteiger partial charge >= 0.3 is 12.4 Å². The lowest BCUT2D eigenvalue weighted by molar-refractivity contribution is -0.274. The number of urea groups is 1. The number of aromatic nitrogens is 3. The third-order valence-corrected chi connectivity index (χ3v) is 7.06. The van der Waals surface area contributed by atoms with Crippen LogP contribution in [-0.4, -0.2) is 51.9 Å². The SMILES string of the molecule is Cc1ccc(NC(=S)NC(=O)NCCC2CCN(c3ncn(-c4ccc(OC(F)(F)F)cc4)n3)CC2)c(C(C)C)c1. The number of anilines is 2. The normalized spacial score (nSPS) is 14.2. The van der Waals surface area contributed by atoms with Crippen LogP contribution in [0.3, 0.4) is 0 Å². The van der Waals surface area contributed by atoms with Crippen molar-refractivity contribution in [1.82, 2.24) is 25.4 Å². The van der Waals surface area contributed by atoms with Crippen molar-refractivity contribution in [2.45, 2.75) is 52.3 Å². The van der Waals surface area contributed by atoms with Gasteiger partial charge in [0, 0.05) is 25.3 Å². The Hall–Kier alpha value is -3.87. The molecular formula is C28H34F3N7O2S. The Bertz CT molecular complexity index is 1340. The van der Waals surface area contributed by atoms with Gasteiger partial charge in [-0.25, -0.2) is 9.48 Å². The van der Waals surface area contributed by atoms with Crippen LogP contribution in [0.2, 0.25) is 0 Å². The monoisotopic (exact) mass is 589 g/mol. The molecule has 2 amide bonds. The fraction of sp³-hybridized carbons (Fsp3) is 0.429. The Morgan fingerprint density at radius 2 is 1.85 bits per heavy atom. The molecule has 0 atom stereocenters. The highest BCUT2D eigenvalue weighted by molar-refractivity contribution is 7.80. The van der Waals surface area contributed by atoms with Crippen LogP contribution in [0.4, 0.5) is 29.6 Å². The summed E-state index contributed by atoms with van der Waals surface area (Å²) in [5.74, 6) is 1.03. The molecule has 1 fully saturated rings. The first-order chi connectivity index (χ1) is 19.5. The zero-order valence-electron chi connectivity index (χ0n) is 23.2. The van der Waals surface area contributed by atoms with Crippen LogP contribution in [0.1, 0.15) is 50.2 Å². The predicted molar refractivity (Wildman–Crippen MR) is 156 cm³/mol. The van der Waals surface area contributed by atoms with Crippen LogP contribution in [0.15, 0.2) is 48.8 Å². The molecular weight excluding hydrogens is 555 g/mol. The minimum absolute atomic E-state index is 0.249. The Morgan fingerprint density at radius 1 is 1.15 bits per heavy atom. The highest BCUT2D eigenvalue weighted by atomic mass is 32.1. The zero-order chi connectivity index (χ0) is 29.6. The van der Waals surface area contributed by atoms with Crippen molar-refractivity contribution >= 4 is 35.0 Å². The fourth-order valence-electron chi connectivity index (χ4n) is 4.71. The quantitative estimate of drug-likeness (QED) is 0.282. The van der Waals surface area contributed by atoms with Gasteiger partial charge in [0.1, 0.15) is 12.1 Å². The Morgan fingerprint density at radius 3 is 2.51 bits per heavy atom. The number of amides is 2. The molecule has 41 heavy (non-hydrogen) atoms. The number of piperidine rings is 1. The largest absolute Gasteiger partial charge is 0.573 e. The zero-order valence-corrected chi connectivity index (χ0v) is 24.0. The molecule has 1 aromatic heterocycles. The maximum absolute atomic E-state index is 12.4. The van der Waals surface area contributed by atoms with Crippen LogP contribution in [0.5, 0.6) is 5.75 Å². The molecule has 1 aliphatic rings. The molecule has 9 nitrogen and oxygen atoms in total. The van der Waals surface area contributed by atoms with Crippen LogP contribution in [0, 0.1) is 12.8 Å². The van der Waals surface area contributed by atoms with E-state index < -0.39 is 6.36 Å². The maximum Gasteiger partial charge on any atom is 0.573 e. The predicted octanol–water partition coefficient (Wildman–Crippen LogP) is 5.90. The van der Waals surface area contributed by atoms with E-state index in [-0.39, 0.29) is 16.9 Å². The maximum atomic E-state index is 12.4. The Balaban J connectivity index is 1.17. The van der Waals surface area contributed by atoms with Gasteiger partial charge in [0.05, 0.1) is 5.69 Å². The number of ether oxygens (including phenoxy) is 1. The second-order valence-corrected chi connectivity index (χ2v) is 10.7. The van der Waals surface area contributed by atoms with Crippen LogP contribution >= 0.6 is 12.2 Å². The summed E-state index contributed by atoms with van der Waals surface area (Å²) in [6.07, 6.45) is -0.517. The van der Waals surface area contributed by atoms with E-state index in [0.717, 1.165) is 43.6 Å². The van der Waals surface area contributed by atoms with Crippen molar-refractivity contribution in [1.29, 1.82) is 0 Å².